The van der Waals surface area contributed by atoms with E-state index < -0.39 is 0 Å². The van der Waals surface area contributed by atoms with E-state index in [1.54, 1.807) is 0 Å². The molecule has 1 rings (SSSR count). The fourth-order valence-corrected chi connectivity index (χ4v) is 1.26. The standard InChI is InChI=1S/C11H15NO/c1-7(2)9-5-4-8(3)10(6-9)11(12)13/h4-7H,1-3H3,(H2,12,13). The van der Waals surface area contributed by atoms with Crippen LogP contribution in [-0.4, -0.2) is 5.91 Å². The molecule has 0 aliphatic carbocycles. The summed E-state index contributed by atoms with van der Waals surface area (Å²) < 4.78 is 0. The average molecular weight is 177 g/mol. The van der Waals surface area contributed by atoms with Gasteiger partial charge in [-0.05, 0) is 30.0 Å². The minimum Gasteiger partial charge on any atom is -0.366 e. The molecule has 0 bridgehead atoms. The lowest BCUT2D eigenvalue weighted by molar-refractivity contribution is 0.0999. The first kappa shape index (κ1) is 9.78. The summed E-state index contributed by atoms with van der Waals surface area (Å²) in [4.78, 5) is 11.0. The Balaban J connectivity index is 3.19. The predicted octanol–water partition coefficient (Wildman–Crippen LogP) is 2.22. The van der Waals surface area contributed by atoms with Gasteiger partial charge in [0.1, 0.15) is 0 Å². The zero-order valence-electron chi connectivity index (χ0n) is 8.29. The first-order valence-corrected chi connectivity index (χ1v) is 4.42. The van der Waals surface area contributed by atoms with E-state index in [0.717, 1.165) is 11.1 Å². The van der Waals surface area contributed by atoms with Crippen LogP contribution in [0, 0.1) is 6.92 Å². The second-order valence-corrected chi connectivity index (χ2v) is 3.59. The van der Waals surface area contributed by atoms with Crippen LogP contribution in [0.5, 0.6) is 0 Å². The van der Waals surface area contributed by atoms with Crippen LogP contribution in [0.15, 0.2) is 18.2 Å². The molecule has 0 radical (unpaired) electrons. The van der Waals surface area contributed by atoms with Gasteiger partial charge in [-0.3, -0.25) is 4.79 Å². The van der Waals surface area contributed by atoms with Gasteiger partial charge in [-0.2, -0.15) is 0 Å². The van der Waals surface area contributed by atoms with Crippen molar-refractivity contribution in [2.75, 3.05) is 0 Å². The van der Waals surface area contributed by atoms with Gasteiger partial charge in [-0.15, -0.1) is 0 Å². The van der Waals surface area contributed by atoms with Crippen molar-refractivity contribution in [3.8, 4) is 0 Å². The Morgan fingerprint density at radius 2 is 2.00 bits per heavy atom. The predicted molar refractivity (Wildman–Crippen MR) is 53.8 cm³/mol. The second kappa shape index (κ2) is 3.60. The van der Waals surface area contributed by atoms with Crippen LogP contribution < -0.4 is 5.73 Å². The fourth-order valence-electron chi connectivity index (χ4n) is 1.26. The van der Waals surface area contributed by atoms with Gasteiger partial charge < -0.3 is 5.73 Å². The maximum atomic E-state index is 11.0. The molecular weight excluding hydrogens is 162 g/mol. The molecule has 1 amide bonds. The Kier molecular flexibility index (Phi) is 2.71. The van der Waals surface area contributed by atoms with Gasteiger partial charge in [0.2, 0.25) is 5.91 Å². The fraction of sp³-hybridized carbons (Fsp3) is 0.364. The number of benzene rings is 1. The Morgan fingerprint density at radius 1 is 1.38 bits per heavy atom. The van der Waals surface area contributed by atoms with Gasteiger partial charge in [0.25, 0.3) is 0 Å². The van der Waals surface area contributed by atoms with Gasteiger partial charge in [-0.25, -0.2) is 0 Å². The molecule has 2 heteroatoms. The summed E-state index contributed by atoms with van der Waals surface area (Å²) in [6.45, 7) is 6.08. The van der Waals surface area contributed by atoms with Crippen molar-refractivity contribution < 1.29 is 4.79 Å². The molecule has 0 aliphatic rings. The third-order valence-corrected chi connectivity index (χ3v) is 2.19. The van der Waals surface area contributed by atoms with Gasteiger partial charge >= 0.3 is 0 Å². The third-order valence-electron chi connectivity index (χ3n) is 2.19. The molecule has 1 aromatic rings. The van der Waals surface area contributed by atoms with Crippen LogP contribution in [-0.2, 0) is 0 Å². The molecule has 2 N–H and O–H groups in total. The van der Waals surface area contributed by atoms with Gasteiger partial charge in [0.15, 0.2) is 0 Å². The number of carbonyl (C=O) groups excluding carboxylic acids is 1. The van der Waals surface area contributed by atoms with E-state index in [0.29, 0.717) is 11.5 Å². The third kappa shape index (κ3) is 2.08. The molecule has 0 spiro atoms. The molecule has 0 aromatic heterocycles. The number of rotatable bonds is 2. The monoisotopic (exact) mass is 177 g/mol. The minimum absolute atomic E-state index is 0.347. The Bertz CT molecular complexity index is 329. The topological polar surface area (TPSA) is 43.1 Å². The Labute approximate surface area is 78.8 Å². The summed E-state index contributed by atoms with van der Waals surface area (Å²) in [5.41, 5.74) is 7.97. The van der Waals surface area contributed by atoms with Crippen LogP contribution >= 0.6 is 0 Å². The summed E-state index contributed by atoms with van der Waals surface area (Å²) >= 11 is 0. The number of hydrogen-bond donors (Lipinski definition) is 1. The van der Waals surface area contributed by atoms with Crippen LogP contribution in [0.2, 0.25) is 0 Å². The molecule has 0 unspecified atom stereocenters. The van der Waals surface area contributed by atoms with Crippen molar-refractivity contribution in [2.45, 2.75) is 26.7 Å². The maximum absolute atomic E-state index is 11.0. The van der Waals surface area contributed by atoms with E-state index in [9.17, 15) is 4.79 Å². The van der Waals surface area contributed by atoms with E-state index in [1.165, 1.54) is 0 Å². The van der Waals surface area contributed by atoms with E-state index in [2.05, 4.69) is 13.8 Å². The van der Waals surface area contributed by atoms with Crippen LogP contribution in [0.4, 0.5) is 0 Å². The van der Waals surface area contributed by atoms with E-state index in [4.69, 9.17) is 5.73 Å². The number of amides is 1. The minimum atomic E-state index is -0.347. The highest BCUT2D eigenvalue weighted by Crippen LogP contribution is 2.17. The number of hydrogen-bond acceptors (Lipinski definition) is 1. The quantitative estimate of drug-likeness (QED) is 0.739. The molecule has 0 saturated heterocycles. The molecule has 1 aromatic carbocycles. The van der Waals surface area contributed by atoms with Crippen molar-refractivity contribution in [2.24, 2.45) is 5.73 Å². The normalized spacial score (nSPS) is 10.5. The molecule has 70 valence electrons. The lowest BCUT2D eigenvalue weighted by atomic mass is 9.98. The summed E-state index contributed by atoms with van der Waals surface area (Å²) in [7, 11) is 0. The van der Waals surface area contributed by atoms with Crippen LogP contribution in [0.1, 0.15) is 41.3 Å². The lowest BCUT2D eigenvalue weighted by Crippen LogP contribution is -2.13. The largest absolute Gasteiger partial charge is 0.366 e. The maximum Gasteiger partial charge on any atom is 0.248 e. The molecule has 0 atom stereocenters. The molecule has 2 nitrogen and oxygen atoms in total. The first-order chi connectivity index (χ1) is 6.02. The molecular formula is C11H15NO. The van der Waals surface area contributed by atoms with E-state index in [1.807, 2.05) is 25.1 Å². The zero-order valence-corrected chi connectivity index (χ0v) is 8.29. The van der Waals surface area contributed by atoms with Crippen LogP contribution in [0.3, 0.4) is 0 Å². The molecule has 13 heavy (non-hydrogen) atoms. The van der Waals surface area contributed by atoms with E-state index >= 15 is 0 Å². The lowest BCUT2D eigenvalue weighted by Gasteiger charge is -2.08. The Morgan fingerprint density at radius 3 is 2.46 bits per heavy atom. The molecule has 0 saturated carbocycles. The summed E-state index contributed by atoms with van der Waals surface area (Å²) in [6, 6.07) is 5.85. The Hall–Kier alpha value is -1.31. The van der Waals surface area contributed by atoms with Crippen molar-refractivity contribution in [3.63, 3.8) is 0 Å². The highest BCUT2D eigenvalue weighted by Gasteiger charge is 2.07. The van der Waals surface area contributed by atoms with Crippen molar-refractivity contribution in [1.82, 2.24) is 0 Å². The first-order valence-electron chi connectivity index (χ1n) is 4.42. The number of aryl methyl sites for hydroxylation is 1. The molecule has 0 aliphatic heterocycles. The van der Waals surface area contributed by atoms with Crippen LogP contribution in [0.25, 0.3) is 0 Å². The number of nitrogens with two attached hydrogens (primary N) is 1. The van der Waals surface area contributed by atoms with E-state index in [-0.39, 0.29) is 5.91 Å². The van der Waals surface area contributed by atoms with Gasteiger partial charge in [0, 0.05) is 5.56 Å². The SMILES string of the molecule is Cc1ccc(C(C)C)cc1C(N)=O. The average Bonchev–Trinajstić information content (AvgIpc) is 2.04. The number of carbonyl (C=O) groups is 1. The highest BCUT2D eigenvalue weighted by atomic mass is 16.1. The highest BCUT2D eigenvalue weighted by molar-refractivity contribution is 5.94. The van der Waals surface area contributed by atoms with Gasteiger partial charge in [0.05, 0.1) is 0 Å². The summed E-state index contributed by atoms with van der Waals surface area (Å²) in [6.07, 6.45) is 0. The molecule has 0 heterocycles. The van der Waals surface area contributed by atoms with Crippen molar-refractivity contribution >= 4 is 5.91 Å². The van der Waals surface area contributed by atoms with Gasteiger partial charge in [-0.1, -0.05) is 26.0 Å². The number of primary amides is 1. The smallest absolute Gasteiger partial charge is 0.248 e. The second-order valence-electron chi connectivity index (χ2n) is 3.59. The van der Waals surface area contributed by atoms with Crippen molar-refractivity contribution in [1.29, 1.82) is 0 Å². The zero-order chi connectivity index (χ0) is 10.0. The summed E-state index contributed by atoms with van der Waals surface area (Å²) in [5.74, 6) is 0.0821. The summed E-state index contributed by atoms with van der Waals surface area (Å²) in [5, 5.41) is 0. The molecule has 0 fully saturated rings. The van der Waals surface area contributed by atoms with Crippen molar-refractivity contribution in [3.05, 3.63) is 34.9 Å².